The maximum Gasteiger partial charge on any atom is 0.393 e. The van der Waals surface area contributed by atoms with Gasteiger partial charge in [0.1, 0.15) is 5.82 Å². The third-order valence-corrected chi connectivity index (χ3v) is 3.86. The predicted molar refractivity (Wildman–Crippen MR) is 80.9 cm³/mol. The van der Waals surface area contributed by atoms with Crippen molar-refractivity contribution in [2.75, 3.05) is 25.5 Å². The second-order valence-corrected chi connectivity index (χ2v) is 5.93. The van der Waals surface area contributed by atoms with E-state index < -0.39 is 23.9 Å². The van der Waals surface area contributed by atoms with Crippen LogP contribution >= 0.6 is 0 Å². The first-order valence-electron chi connectivity index (χ1n) is 7.42. The van der Waals surface area contributed by atoms with Crippen molar-refractivity contribution in [1.29, 1.82) is 0 Å². The predicted octanol–water partition coefficient (Wildman–Crippen LogP) is 1.40. The van der Waals surface area contributed by atoms with E-state index in [4.69, 9.17) is 0 Å². The summed E-state index contributed by atoms with van der Waals surface area (Å²) in [6.07, 6.45) is -2.94. The highest BCUT2D eigenvalue weighted by Crippen LogP contribution is 2.37. The van der Waals surface area contributed by atoms with Crippen molar-refractivity contribution >= 4 is 17.6 Å². The second-order valence-electron chi connectivity index (χ2n) is 5.93. The molecule has 0 unspecified atom stereocenters. The number of likely N-dealkylation sites (tertiary alicyclic amines) is 1. The number of anilines is 1. The molecule has 2 rings (SSSR count). The van der Waals surface area contributed by atoms with Crippen LogP contribution in [0.4, 0.5) is 19.0 Å². The van der Waals surface area contributed by atoms with E-state index in [0.717, 1.165) is 0 Å². The van der Waals surface area contributed by atoms with Crippen molar-refractivity contribution in [3.8, 4) is 0 Å². The maximum atomic E-state index is 13.0. The Morgan fingerprint density at radius 3 is 2.58 bits per heavy atom. The fourth-order valence-corrected chi connectivity index (χ4v) is 2.70. The zero-order chi connectivity index (χ0) is 17.9. The first kappa shape index (κ1) is 18.2. The Morgan fingerprint density at radius 1 is 1.33 bits per heavy atom. The summed E-state index contributed by atoms with van der Waals surface area (Å²) in [6.45, 7) is 1.34. The largest absolute Gasteiger partial charge is 0.393 e. The van der Waals surface area contributed by atoms with E-state index in [1.54, 1.807) is 19.2 Å². The molecule has 0 bridgehead atoms. The van der Waals surface area contributed by atoms with Gasteiger partial charge in [0, 0.05) is 32.8 Å². The van der Waals surface area contributed by atoms with Crippen molar-refractivity contribution in [3.63, 3.8) is 0 Å². The number of carbonyl (C=O) groups is 2. The van der Waals surface area contributed by atoms with E-state index in [1.807, 2.05) is 0 Å². The highest BCUT2D eigenvalue weighted by molar-refractivity contribution is 5.87. The summed E-state index contributed by atoms with van der Waals surface area (Å²) >= 11 is 0. The molecule has 1 fully saturated rings. The molecule has 6 nitrogen and oxygen atoms in total. The first-order chi connectivity index (χ1) is 11.2. The molecule has 2 atom stereocenters. The monoisotopic (exact) mass is 344 g/mol. The molecular formula is C15H19F3N4O2. The van der Waals surface area contributed by atoms with Crippen LogP contribution in [0.5, 0.6) is 0 Å². The van der Waals surface area contributed by atoms with Crippen LogP contribution in [0.3, 0.4) is 0 Å². The molecule has 0 spiro atoms. The lowest BCUT2D eigenvalue weighted by Gasteiger charge is -2.20. The number of halogens is 3. The number of hydrogen-bond acceptors (Lipinski definition) is 4. The Hall–Kier alpha value is -2.16. The zero-order valence-electron chi connectivity index (χ0n) is 13.4. The van der Waals surface area contributed by atoms with Gasteiger partial charge >= 0.3 is 6.18 Å². The number of amides is 2. The highest BCUT2D eigenvalue weighted by Gasteiger charge is 2.51. The molecule has 1 aliphatic rings. The Morgan fingerprint density at radius 2 is 2.04 bits per heavy atom. The van der Waals surface area contributed by atoms with Crippen LogP contribution in [-0.2, 0) is 16.1 Å². The first-order valence-corrected chi connectivity index (χ1v) is 7.42. The fourth-order valence-electron chi connectivity index (χ4n) is 2.70. The summed E-state index contributed by atoms with van der Waals surface area (Å²) in [7, 11) is 1.57. The molecule has 132 valence electrons. The number of hydrogen-bond donors (Lipinski definition) is 2. The number of alkyl halides is 3. The van der Waals surface area contributed by atoms with Crippen LogP contribution < -0.4 is 10.6 Å². The average molecular weight is 344 g/mol. The highest BCUT2D eigenvalue weighted by atomic mass is 19.4. The van der Waals surface area contributed by atoms with Gasteiger partial charge in [-0.3, -0.25) is 9.59 Å². The smallest absolute Gasteiger partial charge is 0.352 e. The Balaban J connectivity index is 1.93. The Labute approximate surface area is 137 Å². The van der Waals surface area contributed by atoms with Crippen LogP contribution in [-0.4, -0.2) is 48.0 Å². The summed E-state index contributed by atoms with van der Waals surface area (Å²) in [4.78, 5) is 28.5. The fraction of sp³-hybridized carbons (Fsp3) is 0.533. The van der Waals surface area contributed by atoms with Gasteiger partial charge in [0.15, 0.2) is 0 Å². The number of aromatic nitrogens is 1. The van der Waals surface area contributed by atoms with Gasteiger partial charge in [0.2, 0.25) is 11.8 Å². The van der Waals surface area contributed by atoms with Crippen molar-refractivity contribution in [2.24, 2.45) is 11.8 Å². The van der Waals surface area contributed by atoms with Crippen LogP contribution in [0.25, 0.3) is 0 Å². The summed E-state index contributed by atoms with van der Waals surface area (Å²) in [6, 6.07) is 3.20. The Kier molecular flexibility index (Phi) is 5.43. The van der Waals surface area contributed by atoms with Crippen molar-refractivity contribution in [3.05, 3.63) is 23.9 Å². The second kappa shape index (κ2) is 7.16. The van der Waals surface area contributed by atoms with Crippen molar-refractivity contribution in [2.45, 2.75) is 19.6 Å². The maximum absolute atomic E-state index is 13.0. The molecule has 2 heterocycles. The van der Waals surface area contributed by atoms with Crippen molar-refractivity contribution < 1.29 is 22.8 Å². The number of nitrogens with zero attached hydrogens (tertiary/aromatic N) is 2. The van der Waals surface area contributed by atoms with Gasteiger partial charge < -0.3 is 15.5 Å². The Bertz CT molecular complexity index is 604. The van der Waals surface area contributed by atoms with Gasteiger partial charge in [-0.15, -0.1) is 0 Å². The lowest BCUT2D eigenvalue weighted by atomic mass is 9.94. The van der Waals surface area contributed by atoms with Gasteiger partial charge in [-0.25, -0.2) is 4.98 Å². The summed E-state index contributed by atoms with van der Waals surface area (Å²) < 4.78 is 39.0. The molecule has 1 saturated heterocycles. The number of rotatable bonds is 4. The molecule has 2 amide bonds. The van der Waals surface area contributed by atoms with E-state index in [1.165, 1.54) is 18.0 Å². The lowest BCUT2D eigenvalue weighted by Crippen LogP contribution is -2.39. The van der Waals surface area contributed by atoms with Gasteiger partial charge in [-0.1, -0.05) is 6.07 Å². The average Bonchev–Trinajstić information content (AvgIpc) is 2.88. The zero-order valence-corrected chi connectivity index (χ0v) is 13.4. The van der Waals surface area contributed by atoms with Crippen LogP contribution in [0, 0.1) is 11.8 Å². The summed E-state index contributed by atoms with van der Waals surface area (Å²) in [5.74, 6) is -3.27. The lowest BCUT2D eigenvalue weighted by molar-refractivity contribution is -0.183. The third-order valence-electron chi connectivity index (χ3n) is 3.86. The molecule has 1 aromatic heterocycles. The van der Waals surface area contributed by atoms with E-state index in [-0.39, 0.29) is 25.5 Å². The van der Waals surface area contributed by atoms with Crippen molar-refractivity contribution in [1.82, 2.24) is 15.2 Å². The number of pyridine rings is 1. The molecule has 24 heavy (non-hydrogen) atoms. The molecule has 2 N–H and O–H groups in total. The van der Waals surface area contributed by atoms with Gasteiger partial charge in [0.25, 0.3) is 0 Å². The number of carbonyl (C=O) groups excluding carboxylic acids is 2. The molecule has 9 heteroatoms. The molecule has 0 aromatic carbocycles. The standard InChI is InChI=1S/C15H19F3N4O2/c1-9(23)21-13-4-3-10(5-19-13)6-20-14(24)11-7-22(2)8-12(11)15(16,17)18/h3-5,11-12H,6-8H2,1-2H3,(H,20,24)(H,19,21,23)/t11-,12-/m1/s1. The normalized spacial score (nSPS) is 21.5. The molecule has 0 radical (unpaired) electrons. The van der Waals surface area contributed by atoms with E-state index in [0.29, 0.717) is 11.4 Å². The molecule has 0 aliphatic carbocycles. The van der Waals surface area contributed by atoms with Gasteiger partial charge in [-0.05, 0) is 18.7 Å². The van der Waals surface area contributed by atoms with E-state index >= 15 is 0 Å². The molecule has 1 aliphatic heterocycles. The quantitative estimate of drug-likeness (QED) is 0.866. The van der Waals surface area contributed by atoms with Crippen LogP contribution in [0.15, 0.2) is 18.3 Å². The molecule has 0 saturated carbocycles. The van der Waals surface area contributed by atoms with Crippen LogP contribution in [0.2, 0.25) is 0 Å². The minimum Gasteiger partial charge on any atom is -0.352 e. The summed E-state index contributed by atoms with van der Waals surface area (Å²) in [5.41, 5.74) is 0.632. The topological polar surface area (TPSA) is 74.3 Å². The minimum atomic E-state index is -4.39. The van der Waals surface area contributed by atoms with E-state index in [9.17, 15) is 22.8 Å². The molecular weight excluding hydrogens is 325 g/mol. The molecule has 1 aromatic rings. The van der Waals surface area contributed by atoms with Crippen LogP contribution in [0.1, 0.15) is 12.5 Å². The summed E-state index contributed by atoms with van der Waals surface area (Å²) in [5, 5.41) is 5.03. The third kappa shape index (κ3) is 4.67. The number of nitrogens with one attached hydrogen (secondary N) is 2. The van der Waals surface area contributed by atoms with E-state index in [2.05, 4.69) is 15.6 Å². The minimum absolute atomic E-state index is 0.0791. The van der Waals surface area contributed by atoms with Gasteiger partial charge in [0.05, 0.1) is 11.8 Å². The van der Waals surface area contributed by atoms with Gasteiger partial charge in [-0.2, -0.15) is 13.2 Å². The SMILES string of the molecule is CC(=O)Nc1ccc(CNC(=O)[C@@H]2CN(C)C[C@H]2C(F)(F)F)cn1.